The van der Waals surface area contributed by atoms with Crippen LogP contribution in [0.1, 0.15) is 24.5 Å². The van der Waals surface area contributed by atoms with Crippen LogP contribution in [0, 0.1) is 0 Å². The molecule has 2 aromatic heterocycles. The zero-order valence-electron chi connectivity index (χ0n) is 17.0. The molecular formula is C24H25N5O. The van der Waals surface area contributed by atoms with Gasteiger partial charge in [0.2, 0.25) is 5.95 Å². The Bertz CT molecular complexity index is 1080. The van der Waals surface area contributed by atoms with Gasteiger partial charge in [-0.1, -0.05) is 30.3 Å². The van der Waals surface area contributed by atoms with Gasteiger partial charge in [0.15, 0.2) is 0 Å². The second-order valence-corrected chi connectivity index (χ2v) is 7.63. The smallest absolute Gasteiger partial charge is 0.203 e. The van der Waals surface area contributed by atoms with Gasteiger partial charge in [0, 0.05) is 36.3 Å². The molecule has 6 heteroatoms. The summed E-state index contributed by atoms with van der Waals surface area (Å²) in [5.74, 6) is 2.29. The molecule has 2 N–H and O–H groups in total. The van der Waals surface area contributed by atoms with Crippen LogP contribution in [0.3, 0.4) is 0 Å². The summed E-state index contributed by atoms with van der Waals surface area (Å²) in [7, 11) is 1.68. The van der Waals surface area contributed by atoms with Crippen molar-refractivity contribution in [3.05, 3.63) is 72.8 Å². The number of ether oxygens (including phenoxy) is 1. The quantitative estimate of drug-likeness (QED) is 0.503. The van der Waals surface area contributed by atoms with Crippen molar-refractivity contribution in [3.63, 3.8) is 0 Å². The maximum atomic E-state index is 5.32. The fraction of sp³-hybridized carbons (Fsp3) is 0.250. The van der Waals surface area contributed by atoms with E-state index in [0.717, 1.165) is 65.8 Å². The van der Waals surface area contributed by atoms with Crippen LogP contribution in [0.25, 0.3) is 22.5 Å². The number of anilines is 1. The van der Waals surface area contributed by atoms with Crippen molar-refractivity contribution in [1.82, 2.24) is 19.9 Å². The predicted molar refractivity (Wildman–Crippen MR) is 119 cm³/mol. The molecule has 1 aliphatic rings. The van der Waals surface area contributed by atoms with E-state index in [-0.39, 0.29) is 0 Å². The van der Waals surface area contributed by atoms with Gasteiger partial charge >= 0.3 is 0 Å². The molecular weight excluding hydrogens is 374 g/mol. The number of H-pyrrole nitrogens is 2. The fourth-order valence-electron chi connectivity index (χ4n) is 4.16. The van der Waals surface area contributed by atoms with Crippen molar-refractivity contribution in [2.45, 2.75) is 18.8 Å². The standard InChI is InChI=1S/C24H25N5O/c1-30-20-9-7-19(8-10-20)23-22(18-5-3-2-4-6-18)27-24(28-23)29-13-11-17(12-14-29)21-15-25-16-26-21/h2-10,15-17H,11-14H2,1H3,(H,25,26)(H,27,28). The topological polar surface area (TPSA) is 69.8 Å². The van der Waals surface area contributed by atoms with Crippen molar-refractivity contribution in [2.75, 3.05) is 25.1 Å². The van der Waals surface area contributed by atoms with E-state index in [1.165, 1.54) is 0 Å². The van der Waals surface area contributed by atoms with Crippen molar-refractivity contribution in [3.8, 4) is 28.3 Å². The number of methoxy groups -OCH3 is 1. The van der Waals surface area contributed by atoms with Crippen molar-refractivity contribution < 1.29 is 4.74 Å². The maximum Gasteiger partial charge on any atom is 0.203 e. The summed E-state index contributed by atoms with van der Waals surface area (Å²) >= 11 is 0. The summed E-state index contributed by atoms with van der Waals surface area (Å²) < 4.78 is 5.32. The fourth-order valence-corrected chi connectivity index (χ4v) is 4.16. The Kier molecular flexibility index (Phi) is 4.97. The number of aromatic amines is 2. The molecule has 30 heavy (non-hydrogen) atoms. The summed E-state index contributed by atoms with van der Waals surface area (Å²) in [6.45, 7) is 1.92. The van der Waals surface area contributed by atoms with E-state index in [4.69, 9.17) is 9.72 Å². The normalized spacial score (nSPS) is 14.8. The van der Waals surface area contributed by atoms with E-state index >= 15 is 0 Å². The lowest BCUT2D eigenvalue weighted by molar-refractivity contribution is 0.415. The lowest BCUT2D eigenvalue weighted by Gasteiger charge is -2.31. The van der Waals surface area contributed by atoms with Gasteiger partial charge < -0.3 is 19.6 Å². The molecule has 6 nitrogen and oxygen atoms in total. The first kappa shape index (κ1) is 18.5. The molecule has 3 heterocycles. The zero-order valence-corrected chi connectivity index (χ0v) is 17.0. The highest BCUT2D eigenvalue weighted by molar-refractivity contribution is 5.80. The highest BCUT2D eigenvalue weighted by Crippen LogP contribution is 2.35. The number of nitrogens with zero attached hydrogens (tertiary/aromatic N) is 3. The first-order valence-corrected chi connectivity index (χ1v) is 10.4. The predicted octanol–water partition coefficient (Wildman–Crippen LogP) is 4.86. The van der Waals surface area contributed by atoms with Crippen LogP contribution in [0.5, 0.6) is 5.75 Å². The summed E-state index contributed by atoms with van der Waals surface area (Å²) in [6, 6.07) is 18.5. The van der Waals surface area contributed by atoms with E-state index in [1.54, 1.807) is 13.4 Å². The third-order valence-electron chi connectivity index (χ3n) is 5.85. The molecule has 0 unspecified atom stereocenters. The number of aromatic nitrogens is 4. The first-order valence-electron chi connectivity index (χ1n) is 10.4. The van der Waals surface area contributed by atoms with Gasteiger partial charge in [-0.05, 0) is 37.1 Å². The van der Waals surface area contributed by atoms with Crippen LogP contribution in [0.2, 0.25) is 0 Å². The third-order valence-corrected chi connectivity index (χ3v) is 5.85. The van der Waals surface area contributed by atoms with Crippen LogP contribution in [0.15, 0.2) is 67.1 Å². The first-order chi connectivity index (χ1) is 14.8. The second kappa shape index (κ2) is 8.06. The van der Waals surface area contributed by atoms with Crippen LogP contribution >= 0.6 is 0 Å². The van der Waals surface area contributed by atoms with Gasteiger partial charge in [-0.3, -0.25) is 0 Å². The monoisotopic (exact) mass is 399 g/mol. The average Bonchev–Trinajstić information content (AvgIpc) is 3.51. The molecule has 0 atom stereocenters. The number of hydrogen-bond donors (Lipinski definition) is 2. The number of piperidine rings is 1. The summed E-state index contributed by atoms with van der Waals surface area (Å²) in [6.07, 6.45) is 5.93. The van der Waals surface area contributed by atoms with Crippen LogP contribution < -0.4 is 9.64 Å². The molecule has 1 fully saturated rings. The Balaban J connectivity index is 1.45. The molecule has 0 amide bonds. The highest BCUT2D eigenvalue weighted by atomic mass is 16.5. The summed E-state index contributed by atoms with van der Waals surface area (Å²) in [4.78, 5) is 18.5. The molecule has 0 radical (unpaired) electrons. The summed E-state index contributed by atoms with van der Waals surface area (Å²) in [5, 5.41) is 0. The number of rotatable bonds is 5. The lowest BCUT2D eigenvalue weighted by atomic mass is 9.94. The van der Waals surface area contributed by atoms with Gasteiger partial charge in [0.1, 0.15) is 5.75 Å². The molecule has 5 rings (SSSR count). The lowest BCUT2D eigenvalue weighted by Crippen LogP contribution is -2.33. The SMILES string of the molecule is COc1ccc(-c2nc(N3CCC(c4c[nH]cn4)CC3)[nH]c2-c2ccccc2)cc1. The van der Waals surface area contributed by atoms with Gasteiger partial charge in [-0.2, -0.15) is 0 Å². The zero-order chi connectivity index (χ0) is 20.3. The van der Waals surface area contributed by atoms with Gasteiger partial charge in [0.25, 0.3) is 0 Å². The minimum atomic E-state index is 0.511. The van der Waals surface area contributed by atoms with Crippen LogP contribution in [0.4, 0.5) is 5.95 Å². The Morgan fingerprint density at radius 1 is 0.967 bits per heavy atom. The number of hydrogen-bond acceptors (Lipinski definition) is 4. The molecule has 152 valence electrons. The van der Waals surface area contributed by atoms with Gasteiger partial charge in [0.05, 0.1) is 30.5 Å². The van der Waals surface area contributed by atoms with E-state index in [1.807, 2.05) is 24.4 Å². The van der Waals surface area contributed by atoms with Crippen LogP contribution in [-0.4, -0.2) is 40.1 Å². The Morgan fingerprint density at radius 2 is 1.73 bits per heavy atom. The van der Waals surface area contributed by atoms with E-state index < -0.39 is 0 Å². The maximum absolute atomic E-state index is 5.32. The second-order valence-electron chi connectivity index (χ2n) is 7.63. The van der Waals surface area contributed by atoms with Gasteiger partial charge in [-0.25, -0.2) is 9.97 Å². The van der Waals surface area contributed by atoms with E-state index in [2.05, 4.69) is 56.3 Å². The molecule has 1 saturated heterocycles. The molecule has 0 bridgehead atoms. The Morgan fingerprint density at radius 3 is 2.40 bits per heavy atom. The molecule has 0 saturated carbocycles. The van der Waals surface area contributed by atoms with Crippen molar-refractivity contribution >= 4 is 5.95 Å². The number of imidazole rings is 2. The Labute approximate surface area is 176 Å². The van der Waals surface area contributed by atoms with Crippen molar-refractivity contribution in [1.29, 1.82) is 0 Å². The molecule has 2 aromatic carbocycles. The minimum Gasteiger partial charge on any atom is -0.497 e. The van der Waals surface area contributed by atoms with E-state index in [9.17, 15) is 0 Å². The molecule has 0 aliphatic carbocycles. The largest absolute Gasteiger partial charge is 0.497 e. The van der Waals surface area contributed by atoms with Gasteiger partial charge in [-0.15, -0.1) is 0 Å². The van der Waals surface area contributed by atoms with Crippen LogP contribution in [-0.2, 0) is 0 Å². The van der Waals surface area contributed by atoms with Crippen molar-refractivity contribution in [2.24, 2.45) is 0 Å². The molecule has 0 spiro atoms. The number of nitrogens with one attached hydrogen (secondary N) is 2. The summed E-state index contributed by atoms with van der Waals surface area (Å²) in [5.41, 5.74) is 5.38. The van der Waals surface area contributed by atoms with E-state index in [0.29, 0.717) is 5.92 Å². The molecule has 1 aliphatic heterocycles. The highest BCUT2D eigenvalue weighted by Gasteiger charge is 2.25. The average molecular weight is 399 g/mol. The third kappa shape index (κ3) is 3.56. The molecule has 4 aromatic rings. The number of benzene rings is 2. The Hall–Kier alpha value is -3.54. The minimum absolute atomic E-state index is 0.511.